The summed E-state index contributed by atoms with van der Waals surface area (Å²) in [6.07, 6.45) is 1.17. The van der Waals surface area contributed by atoms with E-state index < -0.39 is 23.7 Å². The molecule has 1 unspecified atom stereocenters. The maximum absolute atomic E-state index is 13.2. The summed E-state index contributed by atoms with van der Waals surface area (Å²) in [5, 5.41) is 12.1. The van der Waals surface area contributed by atoms with Crippen LogP contribution in [0.25, 0.3) is 0 Å². The maximum atomic E-state index is 13.2. The van der Waals surface area contributed by atoms with Gasteiger partial charge in [0.05, 0.1) is 25.9 Å². The number of nitrogens with zero attached hydrogens (tertiary/aromatic N) is 1. The molecule has 8 nitrogen and oxygen atoms in total. The van der Waals surface area contributed by atoms with Gasteiger partial charge in [-0.15, -0.1) is 0 Å². The summed E-state index contributed by atoms with van der Waals surface area (Å²) in [7, 11) is 1.57. The van der Waals surface area contributed by atoms with E-state index in [1.165, 1.54) is 10.5 Å². The normalized spacial score (nSPS) is 23.1. The van der Waals surface area contributed by atoms with Crippen molar-refractivity contribution in [1.82, 2.24) is 4.90 Å². The van der Waals surface area contributed by atoms with Crippen molar-refractivity contribution < 1.29 is 33.6 Å². The third-order valence-corrected chi connectivity index (χ3v) is 8.25. The number of esters is 1. The van der Waals surface area contributed by atoms with E-state index in [0.29, 0.717) is 36.5 Å². The van der Waals surface area contributed by atoms with Crippen LogP contribution in [0.1, 0.15) is 36.5 Å². The first-order chi connectivity index (χ1) is 19.9. The van der Waals surface area contributed by atoms with Crippen LogP contribution in [0.3, 0.4) is 0 Å². The lowest BCUT2D eigenvalue weighted by molar-refractivity contribution is -0.149. The highest BCUT2D eigenvalue weighted by molar-refractivity contribution is 5.83. The lowest BCUT2D eigenvalue weighted by Crippen LogP contribution is -2.44. The Morgan fingerprint density at radius 2 is 1.66 bits per heavy atom. The third kappa shape index (κ3) is 6.03. The molecule has 2 fully saturated rings. The van der Waals surface area contributed by atoms with Gasteiger partial charge in [-0.05, 0) is 54.5 Å². The Hall–Kier alpha value is -4.04. The number of rotatable bonds is 10. The number of methoxy groups -OCH3 is 1. The molecule has 0 radical (unpaired) electrons. The van der Waals surface area contributed by atoms with Gasteiger partial charge in [0.1, 0.15) is 12.6 Å². The Bertz CT molecular complexity index is 1330. The third-order valence-electron chi connectivity index (χ3n) is 8.25. The summed E-state index contributed by atoms with van der Waals surface area (Å²) in [4.78, 5) is 27.8. The number of likely N-dealkylation sites (tertiary alicyclic amines) is 1. The number of hydrogen-bond donors (Lipinski definition) is 1. The van der Waals surface area contributed by atoms with Crippen LogP contribution < -0.4 is 9.47 Å². The van der Waals surface area contributed by atoms with E-state index in [4.69, 9.17) is 18.9 Å². The van der Waals surface area contributed by atoms with Gasteiger partial charge in [-0.3, -0.25) is 4.90 Å². The zero-order valence-corrected chi connectivity index (χ0v) is 23.5. The fourth-order valence-corrected chi connectivity index (χ4v) is 6.21. The van der Waals surface area contributed by atoms with Crippen molar-refractivity contribution in [3.05, 3.63) is 95.6 Å². The summed E-state index contributed by atoms with van der Waals surface area (Å²) >= 11 is 0. The van der Waals surface area contributed by atoms with Crippen LogP contribution in [-0.4, -0.2) is 55.0 Å². The van der Waals surface area contributed by atoms with Crippen molar-refractivity contribution in [2.45, 2.75) is 44.4 Å². The molecule has 1 N–H and O–H groups in total. The van der Waals surface area contributed by atoms with Crippen LogP contribution in [0.2, 0.25) is 0 Å². The van der Waals surface area contributed by atoms with Crippen molar-refractivity contribution in [1.29, 1.82) is 0 Å². The van der Waals surface area contributed by atoms with Crippen LogP contribution in [0, 0.1) is 11.8 Å². The number of amides is 1. The van der Waals surface area contributed by atoms with Gasteiger partial charge in [0.15, 0.2) is 11.5 Å². The number of ether oxygens (including phenoxy) is 4. The maximum Gasteiger partial charge on any atom is 0.410 e. The fraction of sp³-hybridized carbons (Fsp3) is 0.394. The number of benzene rings is 3. The van der Waals surface area contributed by atoms with E-state index in [0.717, 1.165) is 12.0 Å². The molecule has 4 atom stereocenters. The Morgan fingerprint density at radius 1 is 0.951 bits per heavy atom. The minimum absolute atomic E-state index is 0.0915. The Labute approximate surface area is 240 Å². The molecule has 3 aromatic rings. The van der Waals surface area contributed by atoms with Crippen LogP contribution >= 0.6 is 0 Å². The van der Waals surface area contributed by atoms with Crippen LogP contribution in [0.15, 0.2) is 78.9 Å². The summed E-state index contributed by atoms with van der Waals surface area (Å²) < 4.78 is 22.6. The quantitative estimate of drug-likeness (QED) is 0.345. The topological polar surface area (TPSA) is 94.5 Å². The van der Waals surface area contributed by atoms with Crippen molar-refractivity contribution in [3.63, 3.8) is 0 Å². The van der Waals surface area contributed by atoms with Gasteiger partial charge in [-0.2, -0.15) is 0 Å². The molecule has 0 bridgehead atoms. The minimum Gasteiger partial charge on any atom is -0.493 e. The Morgan fingerprint density at radius 3 is 2.34 bits per heavy atom. The number of carbonyl (C=O) groups excluding carboxylic acids is 2. The molecule has 8 heteroatoms. The van der Waals surface area contributed by atoms with Gasteiger partial charge in [-0.1, -0.05) is 66.7 Å². The molecular formula is C33H37NO7. The minimum atomic E-state index is -1.26. The lowest BCUT2D eigenvalue weighted by atomic mass is 9.81. The van der Waals surface area contributed by atoms with E-state index in [1.807, 2.05) is 60.7 Å². The fourth-order valence-electron chi connectivity index (χ4n) is 6.21. The first-order valence-electron chi connectivity index (χ1n) is 14.2. The largest absolute Gasteiger partial charge is 0.493 e. The molecule has 1 saturated carbocycles. The molecule has 1 aliphatic heterocycles. The monoisotopic (exact) mass is 559 g/mol. The first-order valence-corrected chi connectivity index (χ1v) is 14.2. The number of hydrogen-bond acceptors (Lipinski definition) is 7. The van der Waals surface area contributed by atoms with Crippen LogP contribution in [0.5, 0.6) is 11.5 Å². The zero-order chi connectivity index (χ0) is 28.8. The molecule has 216 valence electrons. The van der Waals surface area contributed by atoms with Crippen molar-refractivity contribution in [2.24, 2.45) is 11.8 Å². The van der Waals surface area contributed by atoms with E-state index in [-0.39, 0.29) is 31.6 Å². The average Bonchev–Trinajstić information content (AvgIpc) is 3.55. The highest BCUT2D eigenvalue weighted by Crippen LogP contribution is 2.54. The number of carbonyl (C=O) groups is 2. The van der Waals surface area contributed by atoms with Crippen LogP contribution in [0.4, 0.5) is 4.79 Å². The predicted molar refractivity (Wildman–Crippen MR) is 152 cm³/mol. The second kappa shape index (κ2) is 12.6. The van der Waals surface area contributed by atoms with Gasteiger partial charge < -0.3 is 24.1 Å². The molecule has 0 aromatic heterocycles. The van der Waals surface area contributed by atoms with Gasteiger partial charge in [0, 0.05) is 18.9 Å². The van der Waals surface area contributed by atoms with Crippen molar-refractivity contribution >= 4 is 12.1 Å². The van der Waals surface area contributed by atoms with Crippen LogP contribution in [-0.2, 0) is 32.9 Å². The molecule has 1 amide bonds. The standard InChI is InChI=1S/C33H37NO7/c1-3-39-31(35)30-26-16-18-33(37,27(26)21-34(30)32(36)41-22-24-12-8-5-9-13-24)25-14-15-28(29(20-25)38-2)40-19-17-23-10-6-4-7-11-23/h4-15,20,26-27,30,37H,3,16-19,21-22H2,1-2H3/t26-,27-,30-,33?/m0/s1. The van der Waals surface area contributed by atoms with E-state index >= 15 is 0 Å². The molecule has 0 spiro atoms. The zero-order valence-electron chi connectivity index (χ0n) is 23.5. The summed E-state index contributed by atoms with van der Waals surface area (Å²) in [6.45, 7) is 2.69. The molecule has 1 saturated heterocycles. The van der Waals surface area contributed by atoms with Gasteiger partial charge in [0.2, 0.25) is 0 Å². The summed E-state index contributed by atoms with van der Waals surface area (Å²) in [5.74, 6) is -0.00807. The number of fused-ring (bicyclic) bond motifs is 1. The smallest absolute Gasteiger partial charge is 0.410 e. The highest BCUT2D eigenvalue weighted by atomic mass is 16.6. The Kier molecular flexibility index (Phi) is 8.78. The van der Waals surface area contributed by atoms with Gasteiger partial charge in [0.25, 0.3) is 0 Å². The van der Waals surface area contributed by atoms with Crippen molar-refractivity contribution in [2.75, 3.05) is 26.9 Å². The molecule has 3 aromatic carbocycles. The van der Waals surface area contributed by atoms with Gasteiger partial charge in [-0.25, -0.2) is 9.59 Å². The Balaban J connectivity index is 1.33. The predicted octanol–water partition coefficient (Wildman–Crippen LogP) is 5.11. The van der Waals surface area contributed by atoms with E-state index in [1.54, 1.807) is 20.1 Å². The second-order valence-electron chi connectivity index (χ2n) is 10.6. The van der Waals surface area contributed by atoms with Gasteiger partial charge >= 0.3 is 12.1 Å². The van der Waals surface area contributed by atoms with E-state index in [9.17, 15) is 14.7 Å². The molecular weight excluding hydrogens is 522 g/mol. The summed E-state index contributed by atoms with van der Waals surface area (Å²) in [6, 6.07) is 24.1. The number of aliphatic hydroxyl groups is 1. The lowest BCUT2D eigenvalue weighted by Gasteiger charge is -2.31. The highest BCUT2D eigenvalue weighted by Gasteiger charge is 2.60. The molecule has 1 heterocycles. The SMILES string of the molecule is CCOC(=O)[C@@H]1[C@H]2CCC(O)(c3ccc(OCCc4ccccc4)c(OC)c3)[C@H]2CN1C(=O)OCc1ccccc1. The summed E-state index contributed by atoms with van der Waals surface area (Å²) in [5.41, 5.74) is 1.43. The molecule has 5 rings (SSSR count). The van der Waals surface area contributed by atoms with Crippen molar-refractivity contribution in [3.8, 4) is 11.5 Å². The van der Waals surface area contributed by atoms with E-state index in [2.05, 4.69) is 12.1 Å². The molecule has 41 heavy (non-hydrogen) atoms. The molecule has 2 aliphatic rings. The second-order valence-corrected chi connectivity index (χ2v) is 10.6. The first kappa shape index (κ1) is 28.5. The average molecular weight is 560 g/mol. The molecule has 1 aliphatic carbocycles.